The van der Waals surface area contributed by atoms with Crippen molar-refractivity contribution in [2.24, 2.45) is 0 Å². The summed E-state index contributed by atoms with van der Waals surface area (Å²) in [5.41, 5.74) is 0.316. The Morgan fingerprint density at radius 2 is 2.00 bits per heavy atom. The summed E-state index contributed by atoms with van der Waals surface area (Å²) in [4.78, 5) is 16.9. The topological polar surface area (TPSA) is 61.3 Å². The number of aromatic nitrogens is 2. The molecule has 1 heterocycles. The van der Waals surface area contributed by atoms with Gasteiger partial charge in [0.05, 0.1) is 5.60 Å². The summed E-state index contributed by atoms with van der Waals surface area (Å²) in [7, 11) is 1.66. The molecule has 0 unspecified atom stereocenters. The van der Waals surface area contributed by atoms with Crippen molar-refractivity contribution in [2.75, 3.05) is 13.6 Å². The Morgan fingerprint density at radius 3 is 2.57 bits per heavy atom. The molecule has 6 heteroatoms. The number of H-pyrrole nitrogens is 1. The van der Waals surface area contributed by atoms with E-state index in [9.17, 15) is 9.90 Å². The number of rotatable bonds is 4. The van der Waals surface area contributed by atoms with E-state index in [1.54, 1.807) is 31.7 Å². The minimum absolute atomic E-state index is 0.201. The molecular weight excluding hydrogens is 286 g/mol. The third-order valence-electron chi connectivity index (χ3n) is 2.98. The smallest absolute Gasteiger partial charge is 0.272 e. The Bertz CT molecular complexity index is 683. The molecule has 0 aliphatic carbocycles. The molecule has 2 rings (SSSR count). The number of carbonyl (C=O) groups excluding carboxylic acids is 1. The highest BCUT2D eigenvalue weighted by atomic mass is 32.1. The number of amides is 1. The van der Waals surface area contributed by atoms with E-state index in [0.29, 0.717) is 10.5 Å². The first-order valence-electron chi connectivity index (χ1n) is 6.63. The van der Waals surface area contributed by atoms with Crippen molar-refractivity contribution >= 4 is 18.1 Å². The normalized spacial score (nSPS) is 11.4. The number of aliphatic hydroxyl groups is 1. The first-order valence-corrected chi connectivity index (χ1v) is 7.04. The third kappa shape index (κ3) is 3.59. The van der Waals surface area contributed by atoms with E-state index in [2.05, 4.69) is 4.98 Å². The zero-order valence-electron chi connectivity index (χ0n) is 12.3. The number of aromatic amines is 1. The summed E-state index contributed by atoms with van der Waals surface area (Å²) in [5.74, 6) is -0.201. The second-order valence-electron chi connectivity index (χ2n) is 5.62. The van der Waals surface area contributed by atoms with E-state index in [4.69, 9.17) is 12.2 Å². The Labute approximate surface area is 128 Å². The lowest BCUT2D eigenvalue weighted by atomic mass is 10.1. The van der Waals surface area contributed by atoms with Crippen molar-refractivity contribution in [1.82, 2.24) is 14.5 Å². The molecule has 1 aromatic carbocycles. The van der Waals surface area contributed by atoms with Crippen LogP contribution in [-0.4, -0.2) is 44.7 Å². The fraction of sp³-hybridized carbons (Fsp3) is 0.333. The molecule has 2 N–H and O–H groups in total. The maximum Gasteiger partial charge on any atom is 0.272 e. The number of imidazole rings is 1. The Morgan fingerprint density at radius 1 is 1.38 bits per heavy atom. The van der Waals surface area contributed by atoms with Crippen LogP contribution in [0, 0.1) is 4.77 Å². The zero-order chi connectivity index (χ0) is 15.6. The van der Waals surface area contributed by atoms with E-state index in [1.165, 1.54) is 4.90 Å². The van der Waals surface area contributed by atoms with Gasteiger partial charge in [-0.2, -0.15) is 0 Å². The predicted molar refractivity (Wildman–Crippen MR) is 84.2 cm³/mol. The van der Waals surface area contributed by atoms with Crippen LogP contribution in [0.5, 0.6) is 0 Å². The van der Waals surface area contributed by atoms with Crippen LogP contribution in [0.2, 0.25) is 0 Å². The molecule has 0 fully saturated rings. The van der Waals surface area contributed by atoms with Gasteiger partial charge in [-0.25, -0.2) is 0 Å². The summed E-state index contributed by atoms with van der Waals surface area (Å²) < 4.78 is 2.15. The van der Waals surface area contributed by atoms with Gasteiger partial charge < -0.3 is 15.0 Å². The van der Waals surface area contributed by atoms with Gasteiger partial charge in [-0.1, -0.05) is 18.2 Å². The second kappa shape index (κ2) is 5.83. The average molecular weight is 305 g/mol. The molecule has 0 atom stereocenters. The lowest BCUT2D eigenvalue weighted by Crippen LogP contribution is -2.40. The van der Waals surface area contributed by atoms with Crippen molar-refractivity contribution in [3.63, 3.8) is 0 Å². The van der Waals surface area contributed by atoms with Crippen LogP contribution in [0.25, 0.3) is 5.69 Å². The highest BCUT2D eigenvalue weighted by Crippen LogP contribution is 2.15. The van der Waals surface area contributed by atoms with E-state index in [1.807, 2.05) is 30.3 Å². The molecule has 5 nitrogen and oxygen atoms in total. The largest absolute Gasteiger partial charge is 0.389 e. The Balaban J connectivity index is 2.38. The maximum atomic E-state index is 12.6. The van der Waals surface area contributed by atoms with Crippen molar-refractivity contribution in [3.8, 4) is 5.69 Å². The minimum Gasteiger partial charge on any atom is -0.389 e. The van der Waals surface area contributed by atoms with Crippen LogP contribution < -0.4 is 0 Å². The van der Waals surface area contributed by atoms with Gasteiger partial charge in [0.1, 0.15) is 5.69 Å². The van der Waals surface area contributed by atoms with Crippen LogP contribution in [0.4, 0.5) is 0 Å². The number of carbonyl (C=O) groups is 1. The van der Waals surface area contributed by atoms with Crippen molar-refractivity contribution < 1.29 is 9.90 Å². The number of hydrogen-bond donors (Lipinski definition) is 2. The molecule has 21 heavy (non-hydrogen) atoms. The van der Waals surface area contributed by atoms with Gasteiger partial charge in [-0.3, -0.25) is 9.36 Å². The lowest BCUT2D eigenvalue weighted by Gasteiger charge is -2.25. The van der Waals surface area contributed by atoms with Gasteiger partial charge in [0, 0.05) is 25.5 Å². The van der Waals surface area contributed by atoms with Crippen molar-refractivity contribution in [3.05, 3.63) is 47.0 Å². The molecule has 0 spiro atoms. The predicted octanol–water partition coefficient (Wildman–Crippen LogP) is 2.38. The van der Waals surface area contributed by atoms with E-state index in [-0.39, 0.29) is 12.5 Å². The molecule has 0 aliphatic heterocycles. The van der Waals surface area contributed by atoms with Crippen LogP contribution in [0.3, 0.4) is 0 Å². The van der Waals surface area contributed by atoms with E-state index in [0.717, 1.165) is 5.69 Å². The molecule has 0 radical (unpaired) electrons. The highest BCUT2D eigenvalue weighted by molar-refractivity contribution is 7.71. The molecular formula is C15H19N3O2S. The van der Waals surface area contributed by atoms with Gasteiger partial charge in [0.2, 0.25) is 0 Å². The first-order chi connectivity index (χ1) is 9.79. The Hall–Kier alpha value is -1.92. The molecule has 0 aliphatic rings. The monoisotopic (exact) mass is 305 g/mol. The van der Waals surface area contributed by atoms with Crippen molar-refractivity contribution in [1.29, 1.82) is 0 Å². The molecule has 1 amide bonds. The fourth-order valence-corrected chi connectivity index (χ4v) is 2.47. The number of benzene rings is 1. The maximum absolute atomic E-state index is 12.6. The summed E-state index contributed by atoms with van der Waals surface area (Å²) in [5, 5.41) is 9.85. The van der Waals surface area contributed by atoms with E-state index >= 15 is 0 Å². The van der Waals surface area contributed by atoms with Crippen LogP contribution in [0.15, 0.2) is 36.5 Å². The minimum atomic E-state index is -0.949. The number of para-hydroxylation sites is 1. The SMILES string of the molecule is CN(CC(C)(C)O)C(=O)c1c[nH]c(=S)n1-c1ccccc1. The van der Waals surface area contributed by atoms with Crippen molar-refractivity contribution in [2.45, 2.75) is 19.4 Å². The molecule has 0 bridgehead atoms. The summed E-state index contributed by atoms with van der Waals surface area (Å²) in [6, 6.07) is 9.45. The Kier molecular flexibility index (Phi) is 4.29. The highest BCUT2D eigenvalue weighted by Gasteiger charge is 2.23. The third-order valence-corrected chi connectivity index (χ3v) is 3.28. The second-order valence-corrected chi connectivity index (χ2v) is 6.01. The molecule has 0 saturated heterocycles. The lowest BCUT2D eigenvalue weighted by molar-refractivity contribution is 0.0363. The fourth-order valence-electron chi connectivity index (χ4n) is 2.21. The van der Waals surface area contributed by atoms with Crippen LogP contribution in [-0.2, 0) is 0 Å². The van der Waals surface area contributed by atoms with Gasteiger partial charge in [0.25, 0.3) is 5.91 Å². The zero-order valence-corrected chi connectivity index (χ0v) is 13.1. The first kappa shape index (κ1) is 15.5. The molecule has 1 aromatic heterocycles. The average Bonchev–Trinajstić information content (AvgIpc) is 2.78. The summed E-state index contributed by atoms with van der Waals surface area (Å²) in [6.45, 7) is 3.56. The van der Waals surface area contributed by atoms with Crippen LogP contribution >= 0.6 is 12.2 Å². The van der Waals surface area contributed by atoms with Gasteiger partial charge >= 0.3 is 0 Å². The number of hydrogen-bond acceptors (Lipinski definition) is 3. The quantitative estimate of drug-likeness (QED) is 0.853. The number of nitrogens with zero attached hydrogens (tertiary/aromatic N) is 2. The standard InChI is InChI=1S/C15H19N3O2S/c1-15(2,20)10-17(3)13(19)12-9-16-14(21)18(12)11-7-5-4-6-8-11/h4-9,20H,10H2,1-3H3,(H,16,21). The van der Waals surface area contributed by atoms with E-state index < -0.39 is 5.60 Å². The van der Waals surface area contributed by atoms with Gasteiger partial charge in [0.15, 0.2) is 4.77 Å². The van der Waals surface area contributed by atoms with Gasteiger partial charge in [-0.15, -0.1) is 0 Å². The summed E-state index contributed by atoms with van der Waals surface area (Å²) >= 11 is 5.26. The molecule has 112 valence electrons. The molecule has 2 aromatic rings. The van der Waals surface area contributed by atoms with Crippen LogP contribution in [0.1, 0.15) is 24.3 Å². The van der Waals surface area contributed by atoms with Gasteiger partial charge in [-0.05, 0) is 38.2 Å². The number of nitrogens with one attached hydrogen (secondary N) is 1. The summed E-state index contributed by atoms with van der Waals surface area (Å²) in [6.07, 6.45) is 1.60. The molecule has 0 saturated carbocycles. The number of likely N-dealkylation sites (N-methyl/N-ethyl adjacent to an activating group) is 1.